The fourth-order valence-corrected chi connectivity index (χ4v) is 8.34. The molecule has 0 spiro atoms. The van der Waals surface area contributed by atoms with Crippen LogP contribution in [0, 0.1) is 5.92 Å². The second-order valence-corrected chi connectivity index (χ2v) is 12.0. The van der Waals surface area contributed by atoms with Crippen molar-refractivity contribution in [1.82, 2.24) is 4.57 Å². The molecule has 7 nitrogen and oxygen atoms in total. The number of thiazole rings is 1. The number of amides is 2. The largest absolute Gasteiger partial charge is 0.423 e. The van der Waals surface area contributed by atoms with Gasteiger partial charge in [0.1, 0.15) is 11.0 Å². The van der Waals surface area contributed by atoms with E-state index < -0.39 is 23.1 Å². The molecule has 1 saturated heterocycles. The quantitative estimate of drug-likeness (QED) is 0.144. The molecule has 7 rings (SSSR count). The van der Waals surface area contributed by atoms with Crippen LogP contribution in [0.15, 0.2) is 125 Å². The second kappa shape index (κ2) is 10.6. The van der Waals surface area contributed by atoms with E-state index in [0.29, 0.717) is 27.7 Å². The maximum absolute atomic E-state index is 14.0. The van der Waals surface area contributed by atoms with Crippen LogP contribution in [0.3, 0.4) is 0 Å². The summed E-state index contributed by atoms with van der Waals surface area (Å²) in [6, 6.07) is 33.9. The summed E-state index contributed by atoms with van der Waals surface area (Å²) in [5.74, 6) is -1.99. The fraction of sp³-hybridized carbons (Fsp3) is 0.0909. The SMILES string of the molecule is O=C(Oc1ccc(C2c3sc(=O)n(-c4ccccc4)c3SC3C(=O)N(c4ccccc4)C(=O)C32)cc1)c1ccccc1. The monoisotopic (exact) mass is 590 g/mol. The van der Waals surface area contributed by atoms with Gasteiger partial charge in [-0.25, -0.2) is 9.69 Å². The van der Waals surface area contributed by atoms with E-state index in [1.807, 2.05) is 42.5 Å². The number of nitrogens with zero attached hydrogens (tertiary/aromatic N) is 2. The highest BCUT2D eigenvalue weighted by atomic mass is 32.2. The summed E-state index contributed by atoms with van der Waals surface area (Å²) in [7, 11) is 0. The third kappa shape index (κ3) is 4.38. The topological polar surface area (TPSA) is 85.7 Å². The molecule has 2 aliphatic heterocycles. The molecule has 42 heavy (non-hydrogen) atoms. The van der Waals surface area contributed by atoms with Crippen LogP contribution in [0.25, 0.3) is 5.69 Å². The lowest BCUT2D eigenvalue weighted by atomic mass is 9.83. The smallest absolute Gasteiger partial charge is 0.343 e. The Morgan fingerprint density at radius 3 is 1.93 bits per heavy atom. The van der Waals surface area contributed by atoms with Crippen LogP contribution in [0.5, 0.6) is 5.75 Å². The Kier molecular flexibility index (Phi) is 6.60. The van der Waals surface area contributed by atoms with Gasteiger partial charge in [0, 0.05) is 10.8 Å². The number of para-hydroxylation sites is 2. The summed E-state index contributed by atoms with van der Waals surface area (Å²) in [6.45, 7) is 0. The highest BCUT2D eigenvalue weighted by Gasteiger charge is 2.56. The molecular weight excluding hydrogens is 569 g/mol. The van der Waals surface area contributed by atoms with Crippen LogP contribution < -0.4 is 14.5 Å². The van der Waals surface area contributed by atoms with Gasteiger partial charge in [0.25, 0.3) is 0 Å². The van der Waals surface area contributed by atoms with E-state index in [0.717, 1.165) is 21.8 Å². The highest BCUT2D eigenvalue weighted by Crippen LogP contribution is 2.54. The second-order valence-electron chi connectivity index (χ2n) is 9.92. The van der Waals surface area contributed by atoms with E-state index in [-0.39, 0.29) is 16.7 Å². The molecule has 1 fully saturated rings. The first-order valence-electron chi connectivity index (χ1n) is 13.3. The van der Waals surface area contributed by atoms with Crippen LogP contribution in [0.2, 0.25) is 0 Å². The normalized spacial score (nSPS) is 19.3. The number of thioether (sulfide) groups is 1. The van der Waals surface area contributed by atoms with Gasteiger partial charge in [-0.05, 0) is 54.1 Å². The molecule has 5 aromatic rings. The number of hydrogen-bond acceptors (Lipinski definition) is 7. The van der Waals surface area contributed by atoms with Crippen LogP contribution in [0.4, 0.5) is 5.69 Å². The van der Waals surface area contributed by atoms with Crippen molar-refractivity contribution < 1.29 is 19.1 Å². The Hall–Kier alpha value is -4.73. The molecular formula is C33H22N2O5S2. The molecule has 2 amide bonds. The highest BCUT2D eigenvalue weighted by molar-refractivity contribution is 8.00. The van der Waals surface area contributed by atoms with E-state index in [9.17, 15) is 19.2 Å². The number of esters is 1. The number of fused-ring (bicyclic) bond motifs is 2. The standard InChI is InChI=1S/C33H22N2O5S2/c36-29-26-25(20-16-18-24(19-17-20)40-32(38)21-10-4-1-5-11-21)28-31(35(33(39)42-28)23-14-8-3-9-15-23)41-27(26)30(37)34(29)22-12-6-2-7-13-22/h1-19,25-27H. The van der Waals surface area contributed by atoms with Crippen LogP contribution in [-0.4, -0.2) is 27.6 Å². The van der Waals surface area contributed by atoms with Gasteiger partial charge in [0.2, 0.25) is 11.8 Å². The van der Waals surface area contributed by atoms with Crippen molar-refractivity contribution >= 4 is 46.6 Å². The zero-order valence-corrected chi connectivity index (χ0v) is 23.6. The molecule has 0 N–H and O–H groups in total. The Balaban J connectivity index is 1.31. The minimum Gasteiger partial charge on any atom is -0.423 e. The minimum absolute atomic E-state index is 0.183. The lowest BCUT2D eigenvalue weighted by Gasteiger charge is -2.30. The van der Waals surface area contributed by atoms with Gasteiger partial charge >= 0.3 is 10.8 Å². The van der Waals surface area contributed by atoms with Crippen molar-refractivity contribution in [2.24, 2.45) is 5.92 Å². The Morgan fingerprint density at radius 1 is 0.690 bits per heavy atom. The fourth-order valence-electron chi connectivity index (χ4n) is 5.55. The summed E-state index contributed by atoms with van der Waals surface area (Å²) < 4.78 is 7.20. The van der Waals surface area contributed by atoms with Gasteiger partial charge in [-0.2, -0.15) is 0 Å². The van der Waals surface area contributed by atoms with Crippen molar-refractivity contribution in [2.45, 2.75) is 16.2 Å². The van der Waals surface area contributed by atoms with E-state index in [1.165, 1.54) is 16.7 Å². The summed E-state index contributed by atoms with van der Waals surface area (Å²) >= 11 is 2.37. The van der Waals surface area contributed by atoms with Gasteiger partial charge in [-0.15, -0.1) is 0 Å². The molecule has 1 aromatic heterocycles. The number of anilines is 1. The summed E-state index contributed by atoms with van der Waals surface area (Å²) in [4.78, 5) is 55.7. The molecule has 0 bridgehead atoms. The van der Waals surface area contributed by atoms with E-state index in [1.54, 1.807) is 77.4 Å². The lowest BCUT2D eigenvalue weighted by Crippen LogP contribution is -2.32. The number of rotatable bonds is 5. The molecule has 0 radical (unpaired) electrons. The predicted molar refractivity (Wildman–Crippen MR) is 162 cm³/mol. The third-order valence-electron chi connectivity index (χ3n) is 7.46. The van der Waals surface area contributed by atoms with Gasteiger partial charge in [0.15, 0.2) is 0 Å². The zero-order chi connectivity index (χ0) is 28.8. The van der Waals surface area contributed by atoms with Gasteiger partial charge in [-0.3, -0.25) is 19.0 Å². The summed E-state index contributed by atoms with van der Waals surface area (Å²) in [5.41, 5.74) is 2.41. The third-order valence-corrected chi connectivity index (χ3v) is 9.99. The molecule has 9 heteroatoms. The Labute approximate surface area is 249 Å². The van der Waals surface area contributed by atoms with E-state index >= 15 is 0 Å². The number of carbonyl (C=O) groups is 3. The molecule has 3 atom stereocenters. The first-order valence-corrected chi connectivity index (χ1v) is 15.0. The van der Waals surface area contributed by atoms with Crippen molar-refractivity contribution in [3.05, 3.63) is 141 Å². The van der Waals surface area contributed by atoms with Crippen LogP contribution >= 0.6 is 23.1 Å². The predicted octanol–water partition coefficient (Wildman–Crippen LogP) is 5.91. The van der Waals surface area contributed by atoms with E-state index in [2.05, 4.69) is 0 Å². The molecule has 206 valence electrons. The first-order chi connectivity index (χ1) is 20.5. The van der Waals surface area contributed by atoms with Crippen LogP contribution in [-0.2, 0) is 9.59 Å². The number of carbonyl (C=O) groups excluding carboxylic acids is 3. The number of hydrogen-bond donors (Lipinski definition) is 0. The Bertz CT molecular complexity index is 1870. The van der Waals surface area contributed by atoms with Crippen molar-refractivity contribution in [1.29, 1.82) is 0 Å². The molecule has 3 heterocycles. The van der Waals surface area contributed by atoms with E-state index in [4.69, 9.17) is 4.74 Å². The van der Waals surface area contributed by atoms with Crippen molar-refractivity contribution in [3.63, 3.8) is 0 Å². The lowest BCUT2D eigenvalue weighted by molar-refractivity contribution is -0.122. The van der Waals surface area contributed by atoms with Crippen LogP contribution in [0.1, 0.15) is 26.7 Å². The molecule has 3 unspecified atom stereocenters. The molecule has 2 aliphatic rings. The average molecular weight is 591 g/mol. The maximum atomic E-state index is 14.0. The summed E-state index contributed by atoms with van der Waals surface area (Å²) in [6.07, 6.45) is 0. The number of imide groups is 1. The molecule has 0 aliphatic carbocycles. The van der Waals surface area contributed by atoms with Crippen molar-refractivity contribution in [2.75, 3.05) is 4.90 Å². The van der Waals surface area contributed by atoms with Gasteiger partial charge < -0.3 is 4.74 Å². The van der Waals surface area contributed by atoms with Gasteiger partial charge in [-0.1, -0.05) is 89.8 Å². The number of aromatic nitrogens is 1. The summed E-state index contributed by atoms with van der Waals surface area (Å²) in [5, 5.41) is -0.0483. The van der Waals surface area contributed by atoms with Crippen molar-refractivity contribution in [3.8, 4) is 11.4 Å². The molecule has 0 saturated carbocycles. The number of ether oxygens (including phenoxy) is 1. The molecule has 4 aromatic carbocycles. The first kappa shape index (κ1) is 26.2. The maximum Gasteiger partial charge on any atom is 0.343 e. The van der Waals surface area contributed by atoms with Gasteiger partial charge in [0.05, 0.1) is 27.9 Å². The average Bonchev–Trinajstić information content (AvgIpc) is 3.49. The minimum atomic E-state index is -0.713. The zero-order valence-electron chi connectivity index (χ0n) is 22.0. The Morgan fingerprint density at radius 2 is 1.29 bits per heavy atom. The number of benzene rings is 4.